The molecule has 9 heteroatoms. The molecule has 3 aliphatic heterocycles. The molecular formula is C27H42O9. The lowest BCUT2D eigenvalue weighted by atomic mass is 9.49. The minimum atomic E-state index is -0.760. The van der Waals surface area contributed by atoms with Crippen molar-refractivity contribution in [3.8, 4) is 0 Å². The molecule has 0 aromatic heterocycles. The Labute approximate surface area is 213 Å². The van der Waals surface area contributed by atoms with E-state index in [9.17, 15) is 4.79 Å². The second-order valence-electron chi connectivity index (χ2n) is 12.8. The van der Waals surface area contributed by atoms with Crippen LogP contribution in [-0.4, -0.2) is 74.4 Å². The third-order valence-corrected chi connectivity index (χ3v) is 8.91. The van der Waals surface area contributed by atoms with Crippen molar-refractivity contribution in [1.82, 2.24) is 0 Å². The zero-order valence-corrected chi connectivity index (χ0v) is 22.2. The number of ether oxygens (including phenoxy) is 8. The van der Waals surface area contributed by atoms with Gasteiger partial charge in [0.25, 0.3) is 0 Å². The van der Waals surface area contributed by atoms with Crippen molar-refractivity contribution < 1.29 is 42.7 Å². The van der Waals surface area contributed by atoms with Gasteiger partial charge in [0.15, 0.2) is 24.2 Å². The van der Waals surface area contributed by atoms with Crippen molar-refractivity contribution in [2.75, 3.05) is 19.8 Å². The largest absolute Gasteiger partial charge is 0.463 e. The maximum atomic E-state index is 13.1. The Hall–Kier alpha value is -0.810. The van der Waals surface area contributed by atoms with Crippen LogP contribution in [0, 0.1) is 23.2 Å². The third-order valence-electron chi connectivity index (χ3n) is 8.91. The molecule has 6 atom stereocenters. The molecule has 204 valence electrons. The number of fused-ring (bicyclic) bond motifs is 1. The highest BCUT2D eigenvalue weighted by molar-refractivity contribution is 5.77. The van der Waals surface area contributed by atoms with Crippen LogP contribution in [0.3, 0.4) is 0 Å². The molecule has 7 fully saturated rings. The van der Waals surface area contributed by atoms with E-state index in [2.05, 4.69) is 0 Å². The van der Waals surface area contributed by atoms with Gasteiger partial charge >= 0.3 is 5.97 Å². The summed E-state index contributed by atoms with van der Waals surface area (Å²) in [5.74, 6) is 0.677. The number of hydrogen-bond donors (Lipinski definition) is 0. The summed E-state index contributed by atoms with van der Waals surface area (Å²) >= 11 is 0. The predicted octanol–water partition coefficient (Wildman–Crippen LogP) is 3.52. The van der Waals surface area contributed by atoms with Crippen LogP contribution in [0.15, 0.2) is 0 Å². The van der Waals surface area contributed by atoms with Gasteiger partial charge in [0.2, 0.25) is 0 Å². The van der Waals surface area contributed by atoms with Crippen molar-refractivity contribution >= 4 is 5.97 Å². The monoisotopic (exact) mass is 510 g/mol. The van der Waals surface area contributed by atoms with E-state index < -0.39 is 42.5 Å². The van der Waals surface area contributed by atoms with Crippen LogP contribution < -0.4 is 0 Å². The normalized spacial score (nSPS) is 46.7. The van der Waals surface area contributed by atoms with Gasteiger partial charge in [-0.15, -0.1) is 0 Å². The third kappa shape index (κ3) is 4.85. The Morgan fingerprint density at radius 2 is 1.56 bits per heavy atom. The van der Waals surface area contributed by atoms with Gasteiger partial charge in [-0.2, -0.15) is 0 Å². The second kappa shape index (κ2) is 9.14. The molecule has 0 radical (unpaired) electrons. The molecular weight excluding hydrogens is 468 g/mol. The fourth-order valence-electron chi connectivity index (χ4n) is 7.96. The molecule has 7 rings (SSSR count). The van der Waals surface area contributed by atoms with Crippen molar-refractivity contribution in [3.05, 3.63) is 0 Å². The fraction of sp³-hybridized carbons (Fsp3) is 0.963. The van der Waals surface area contributed by atoms with Gasteiger partial charge in [-0.05, 0) is 90.9 Å². The van der Waals surface area contributed by atoms with E-state index in [1.165, 1.54) is 19.3 Å². The Balaban J connectivity index is 1.01. The van der Waals surface area contributed by atoms with E-state index >= 15 is 0 Å². The van der Waals surface area contributed by atoms with Gasteiger partial charge in [-0.3, -0.25) is 4.79 Å². The SMILES string of the molecule is CC(OCCOC(=O)C12CC3CC(CC(C3)C1)C2)O[C@@H]1[C@H]2OC(C)(C)O[C@H]2O[C@@H]1C1COC(C)(C)O1. The topological polar surface area (TPSA) is 90.9 Å². The minimum absolute atomic E-state index is 0.0226. The molecule has 36 heavy (non-hydrogen) atoms. The summed E-state index contributed by atoms with van der Waals surface area (Å²) in [6.07, 6.45) is 4.25. The predicted molar refractivity (Wildman–Crippen MR) is 125 cm³/mol. The molecule has 4 bridgehead atoms. The highest BCUT2D eigenvalue weighted by Crippen LogP contribution is 2.60. The van der Waals surface area contributed by atoms with Crippen LogP contribution in [0.5, 0.6) is 0 Å². The van der Waals surface area contributed by atoms with E-state index in [1.807, 2.05) is 34.6 Å². The van der Waals surface area contributed by atoms with Crippen LogP contribution in [0.1, 0.15) is 73.1 Å². The zero-order chi connectivity index (χ0) is 25.3. The summed E-state index contributed by atoms with van der Waals surface area (Å²) in [6.45, 7) is 10.2. The lowest BCUT2D eigenvalue weighted by molar-refractivity contribution is -0.254. The molecule has 7 aliphatic rings. The number of carbonyl (C=O) groups is 1. The number of esters is 1. The molecule has 3 saturated heterocycles. The zero-order valence-electron chi connectivity index (χ0n) is 22.2. The highest BCUT2D eigenvalue weighted by Gasteiger charge is 2.59. The molecule has 0 spiro atoms. The Morgan fingerprint density at radius 1 is 0.889 bits per heavy atom. The quantitative estimate of drug-likeness (QED) is 0.276. The maximum Gasteiger partial charge on any atom is 0.312 e. The maximum absolute atomic E-state index is 13.1. The van der Waals surface area contributed by atoms with Crippen LogP contribution in [-0.2, 0) is 42.7 Å². The van der Waals surface area contributed by atoms with Crippen molar-refractivity contribution in [2.24, 2.45) is 23.2 Å². The van der Waals surface area contributed by atoms with E-state index in [1.54, 1.807) is 0 Å². The molecule has 2 unspecified atom stereocenters. The van der Waals surface area contributed by atoms with Gasteiger partial charge in [0.05, 0.1) is 18.6 Å². The van der Waals surface area contributed by atoms with Crippen LogP contribution >= 0.6 is 0 Å². The first kappa shape index (κ1) is 25.5. The minimum Gasteiger partial charge on any atom is -0.463 e. The summed E-state index contributed by atoms with van der Waals surface area (Å²) < 4.78 is 48.0. The standard InChI is InChI=1S/C27H42O9/c1-15(29-6-7-30-24(28)27-11-16-8-17(12-27)10-18(9-16)13-27)32-21-20(19-14-31-25(2,3)34-19)33-23-22(21)35-26(4,5)36-23/h15-23H,6-14H2,1-5H3/t15?,16?,17?,18?,19?,20-,21+,22-,23-,27?/m1/s1. The summed E-state index contributed by atoms with van der Waals surface area (Å²) in [5, 5.41) is 0. The molecule has 3 heterocycles. The van der Waals surface area contributed by atoms with Crippen LogP contribution in [0.2, 0.25) is 0 Å². The van der Waals surface area contributed by atoms with Crippen molar-refractivity contribution in [1.29, 1.82) is 0 Å². The molecule has 4 aliphatic carbocycles. The van der Waals surface area contributed by atoms with E-state index in [4.69, 9.17) is 37.9 Å². The first-order valence-electron chi connectivity index (χ1n) is 13.8. The lowest BCUT2D eigenvalue weighted by Crippen LogP contribution is -2.50. The van der Waals surface area contributed by atoms with Gasteiger partial charge in [-0.1, -0.05) is 0 Å². The highest BCUT2D eigenvalue weighted by atomic mass is 16.9. The molecule has 4 saturated carbocycles. The van der Waals surface area contributed by atoms with Gasteiger partial charge in [0, 0.05) is 0 Å². The van der Waals surface area contributed by atoms with Crippen molar-refractivity contribution in [3.63, 3.8) is 0 Å². The fourth-order valence-corrected chi connectivity index (χ4v) is 7.96. The van der Waals surface area contributed by atoms with Gasteiger partial charge in [-0.25, -0.2) is 0 Å². The lowest BCUT2D eigenvalue weighted by Gasteiger charge is -2.55. The van der Waals surface area contributed by atoms with E-state index in [0.29, 0.717) is 24.4 Å². The number of carbonyl (C=O) groups excluding carboxylic acids is 1. The average Bonchev–Trinajstić information content (AvgIpc) is 3.39. The van der Waals surface area contributed by atoms with Crippen molar-refractivity contribution in [2.45, 2.75) is 122 Å². The summed E-state index contributed by atoms with van der Waals surface area (Å²) in [5.41, 5.74) is -0.246. The Bertz CT molecular complexity index is 806. The summed E-state index contributed by atoms with van der Waals surface area (Å²) in [7, 11) is 0. The smallest absolute Gasteiger partial charge is 0.312 e. The Morgan fingerprint density at radius 3 is 2.17 bits per heavy atom. The molecule has 0 aromatic carbocycles. The molecule has 0 amide bonds. The molecule has 0 N–H and O–H groups in total. The first-order valence-corrected chi connectivity index (χ1v) is 13.8. The van der Waals surface area contributed by atoms with Gasteiger partial charge < -0.3 is 37.9 Å². The number of hydrogen-bond acceptors (Lipinski definition) is 9. The van der Waals surface area contributed by atoms with Gasteiger partial charge in [0.1, 0.15) is 31.0 Å². The number of rotatable bonds is 8. The first-order chi connectivity index (χ1) is 17.0. The van der Waals surface area contributed by atoms with E-state index in [-0.39, 0.29) is 30.7 Å². The van der Waals surface area contributed by atoms with E-state index in [0.717, 1.165) is 19.3 Å². The summed E-state index contributed by atoms with van der Waals surface area (Å²) in [6, 6.07) is 0. The van der Waals surface area contributed by atoms with Crippen LogP contribution in [0.25, 0.3) is 0 Å². The second-order valence-corrected chi connectivity index (χ2v) is 12.8. The molecule has 9 nitrogen and oxygen atoms in total. The van der Waals surface area contributed by atoms with Crippen LogP contribution in [0.4, 0.5) is 0 Å². The summed E-state index contributed by atoms with van der Waals surface area (Å²) in [4.78, 5) is 13.1. The molecule has 0 aromatic rings. The Kier molecular flexibility index (Phi) is 6.47. The average molecular weight is 511 g/mol.